The van der Waals surface area contributed by atoms with Gasteiger partial charge >= 0.3 is 0 Å². The Kier molecular flexibility index (Phi) is 12.1. The molecule has 5 heteroatoms. The predicted molar refractivity (Wildman–Crippen MR) is 103 cm³/mol. The Labute approximate surface area is 150 Å². The van der Waals surface area contributed by atoms with E-state index in [0.717, 1.165) is 0 Å². The lowest BCUT2D eigenvalue weighted by Crippen LogP contribution is -2.31. The molecule has 0 saturated heterocycles. The molecule has 2 aromatic carbocycles. The molecule has 25 heavy (non-hydrogen) atoms. The van der Waals surface area contributed by atoms with Crippen LogP contribution in [0.1, 0.15) is 34.6 Å². The molecule has 134 valence electrons. The number of nitrogens with zero attached hydrogens (tertiary/aromatic N) is 2. The molecule has 2 aromatic rings. The van der Waals surface area contributed by atoms with E-state index in [-0.39, 0.29) is 5.78 Å². The van der Waals surface area contributed by atoms with E-state index < -0.39 is 11.9 Å². The quantitative estimate of drug-likeness (QED) is 0.582. The number of hydrogen-bond acceptors (Lipinski definition) is 4. The summed E-state index contributed by atoms with van der Waals surface area (Å²) in [6, 6.07) is 16.7. The van der Waals surface area contributed by atoms with Gasteiger partial charge in [-0.1, -0.05) is 64.1 Å². The van der Waals surface area contributed by atoms with Gasteiger partial charge in [-0.05, 0) is 31.2 Å². The summed E-state index contributed by atoms with van der Waals surface area (Å²) in [5, 5.41) is 10.4. The van der Waals surface area contributed by atoms with Crippen molar-refractivity contribution in [3.63, 3.8) is 0 Å². The molecular weight excluding hydrogens is 314 g/mol. The Bertz CT molecular complexity index is 641. The van der Waals surface area contributed by atoms with Crippen molar-refractivity contribution in [1.82, 2.24) is 0 Å². The Morgan fingerprint density at radius 1 is 0.840 bits per heavy atom. The monoisotopic (exact) mass is 341 g/mol. The Morgan fingerprint density at radius 2 is 1.32 bits per heavy atom. The van der Waals surface area contributed by atoms with Crippen LogP contribution in [0.3, 0.4) is 0 Å². The number of ketones is 1. The Hall–Kier alpha value is -2.82. The molecule has 0 aliphatic heterocycles. The van der Waals surface area contributed by atoms with E-state index in [4.69, 9.17) is 0 Å². The van der Waals surface area contributed by atoms with Gasteiger partial charge in [0.25, 0.3) is 5.91 Å². The van der Waals surface area contributed by atoms with Crippen molar-refractivity contribution in [2.45, 2.75) is 40.7 Å². The van der Waals surface area contributed by atoms with E-state index in [2.05, 4.69) is 15.5 Å². The van der Waals surface area contributed by atoms with Crippen molar-refractivity contribution in [1.29, 1.82) is 0 Å². The second-order valence-corrected chi connectivity index (χ2v) is 4.42. The number of amides is 1. The molecule has 0 spiro atoms. The predicted octanol–water partition coefficient (Wildman–Crippen LogP) is 5.42. The molecule has 1 N–H and O–H groups in total. The molecule has 1 atom stereocenters. The smallest absolute Gasteiger partial charge is 0.258 e. The molecule has 0 bridgehead atoms. The van der Waals surface area contributed by atoms with Gasteiger partial charge in [-0.15, -0.1) is 0 Å². The van der Waals surface area contributed by atoms with Gasteiger partial charge in [0.05, 0.1) is 5.69 Å². The van der Waals surface area contributed by atoms with E-state index >= 15 is 0 Å². The molecule has 1 amide bonds. The van der Waals surface area contributed by atoms with E-state index in [1.54, 1.807) is 48.5 Å². The van der Waals surface area contributed by atoms with Gasteiger partial charge in [0, 0.05) is 5.69 Å². The number of carbonyl (C=O) groups is 2. The maximum absolute atomic E-state index is 12.1. The van der Waals surface area contributed by atoms with Crippen LogP contribution in [0.15, 0.2) is 70.9 Å². The summed E-state index contributed by atoms with van der Waals surface area (Å²) < 4.78 is 0. The first-order valence-corrected chi connectivity index (χ1v) is 8.49. The highest BCUT2D eigenvalue weighted by molar-refractivity contribution is 6.10. The molecule has 2 rings (SSSR count). The first kappa shape index (κ1) is 22.2. The lowest BCUT2D eigenvalue weighted by molar-refractivity contribution is -0.126. The fourth-order valence-electron chi connectivity index (χ4n) is 1.67. The zero-order valence-electron chi connectivity index (χ0n) is 15.6. The van der Waals surface area contributed by atoms with Crippen molar-refractivity contribution in [3.8, 4) is 0 Å². The van der Waals surface area contributed by atoms with Crippen molar-refractivity contribution >= 4 is 23.1 Å². The van der Waals surface area contributed by atoms with Crippen molar-refractivity contribution < 1.29 is 9.59 Å². The lowest BCUT2D eigenvalue weighted by atomic mass is 10.2. The third-order valence-corrected chi connectivity index (χ3v) is 2.72. The summed E-state index contributed by atoms with van der Waals surface area (Å²) in [6.07, 6.45) is 0. The molecule has 0 radical (unpaired) electrons. The van der Waals surface area contributed by atoms with E-state index in [1.807, 2.05) is 39.8 Å². The van der Waals surface area contributed by atoms with Crippen molar-refractivity contribution in [2.75, 3.05) is 5.32 Å². The summed E-state index contributed by atoms with van der Waals surface area (Å²) in [5.74, 6) is -0.850. The highest BCUT2D eigenvalue weighted by Gasteiger charge is 2.23. The first-order valence-electron chi connectivity index (χ1n) is 8.49. The van der Waals surface area contributed by atoms with Crippen LogP contribution >= 0.6 is 0 Å². The second-order valence-electron chi connectivity index (χ2n) is 4.42. The Morgan fingerprint density at radius 3 is 1.80 bits per heavy atom. The molecular formula is C20H27N3O2. The summed E-state index contributed by atoms with van der Waals surface area (Å²) >= 11 is 0. The largest absolute Gasteiger partial charge is 0.324 e. The number of nitrogens with one attached hydrogen (secondary N) is 1. The maximum atomic E-state index is 12.1. The molecule has 0 aliphatic rings. The number of anilines is 1. The molecule has 0 aliphatic carbocycles. The number of azo groups is 1. The molecule has 5 nitrogen and oxygen atoms in total. The number of benzene rings is 2. The third kappa shape index (κ3) is 8.55. The highest BCUT2D eigenvalue weighted by Crippen LogP contribution is 2.13. The topological polar surface area (TPSA) is 70.9 Å². The van der Waals surface area contributed by atoms with Crippen LogP contribution in [0, 0.1) is 0 Å². The highest BCUT2D eigenvalue weighted by atomic mass is 16.2. The van der Waals surface area contributed by atoms with Crippen LogP contribution in [0.5, 0.6) is 0 Å². The summed E-state index contributed by atoms with van der Waals surface area (Å²) in [5.41, 5.74) is 1.21. The number of rotatable bonds is 5. The van der Waals surface area contributed by atoms with Gasteiger partial charge in [-0.25, -0.2) is 0 Å². The zero-order chi connectivity index (χ0) is 19.1. The standard InChI is InChI=1S/C16H15N3O2.2C2H6/c1-12(20)15(19-18-14-10-6-3-7-11-14)16(21)17-13-8-4-2-5-9-13;2*1-2/h2-11,15H,1H3,(H,17,21);2*1-2H3. The van der Waals surface area contributed by atoms with Gasteiger partial charge in [-0.2, -0.15) is 10.2 Å². The minimum atomic E-state index is -1.15. The van der Waals surface area contributed by atoms with Crippen LogP contribution in [0.4, 0.5) is 11.4 Å². The van der Waals surface area contributed by atoms with Gasteiger partial charge < -0.3 is 5.32 Å². The van der Waals surface area contributed by atoms with Crippen LogP contribution in [0.25, 0.3) is 0 Å². The van der Waals surface area contributed by atoms with Gasteiger partial charge in [0.15, 0.2) is 5.78 Å². The number of para-hydroxylation sites is 1. The number of hydrogen-bond donors (Lipinski definition) is 1. The van der Waals surface area contributed by atoms with Gasteiger partial charge in [0.1, 0.15) is 0 Å². The third-order valence-electron chi connectivity index (χ3n) is 2.72. The second kappa shape index (κ2) is 13.6. The summed E-state index contributed by atoms with van der Waals surface area (Å²) in [7, 11) is 0. The zero-order valence-corrected chi connectivity index (χ0v) is 15.6. The fraction of sp³-hybridized carbons (Fsp3) is 0.300. The molecule has 1 unspecified atom stereocenters. The summed E-state index contributed by atoms with van der Waals surface area (Å²) in [6.45, 7) is 9.32. The fourth-order valence-corrected chi connectivity index (χ4v) is 1.67. The molecule has 0 heterocycles. The SMILES string of the molecule is CC.CC.CC(=O)C(N=Nc1ccccc1)C(=O)Nc1ccccc1. The normalized spacial score (nSPS) is 10.6. The van der Waals surface area contributed by atoms with Crippen LogP contribution < -0.4 is 5.32 Å². The van der Waals surface area contributed by atoms with E-state index in [9.17, 15) is 9.59 Å². The maximum Gasteiger partial charge on any atom is 0.258 e. The Balaban J connectivity index is 0.00000134. The van der Waals surface area contributed by atoms with Gasteiger partial charge in [-0.3, -0.25) is 9.59 Å². The van der Waals surface area contributed by atoms with E-state index in [0.29, 0.717) is 11.4 Å². The minimum Gasteiger partial charge on any atom is -0.324 e. The van der Waals surface area contributed by atoms with Crippen LogP contribution in [-0.2, 0) is 9.59 Å². The van der Waals surface area contributed by atoms with Gasteiger partial charge in [0.2, 0.25) is 6.04 Å². The number of Topliss-reactive ketones (excluding diaryl/α,β-unsaturated/α-hetero) is 1. The van der Waals surface area contributed by atoms with Crippen LogP contribution in [-0.4, -0.2) is 17.7 Å². The van der Waals surface area contributed by atoms with Crippen molar-refractivity contribution in [2.24, 2.45) is 10.2 Å². The van der Waals surface area contributed by atoms with E-state index in [1.165, 1.54) is 6.92 Å². The lowest BCUT2D eigenvalue weighted by Gasteiger charge is -2.09. The minimum absolute atomic E-state index is 0.358. The van der Waals surface area contributed by atoms with Crippen molar-refractivity contribution in [3.05, 3.63) is 60.7 Å². The first-order chi connectivity index (χ1) is 12.2. The number of carbonyl (C=O) groups excluding carboxylic acids is 2. The summed E-state index contributed by atoms with van der Waals surface area (Å²) in [4.78, 5) is 23.7. The van der Waals surface area contributed by atoms with Crippen LogP contribution in [0.2, 0.25) is 0 Å². The average molecular weight is 341 g/mol. The molecule has 0 fully saturated rings. The average Bonchev–Trinajstić information content (AvgIpc) is 2.66. The molecule has 0 saturated carbocycles. The molecule has 0 aromatic heterocycles.